The molecule has 0 heterocycles. The predicted octanol–water partition coefficient (Wildman–Crippen LogP) is 5.29. The Balaban J connectivity index is 1.56. The minimum absolute atomic E-state index is 0.251. The normalized spacial score (nSPS) is 13.4. The van der Waals surface area contributed by atoms with Crippen molar-refractivity contribution in [1.82, 2.24) is 0 Å². The Kier molecular flexibility index (Phi) is 3.57. The highest BCUT2D eigenvalue weighted by Crippen LogP contribution is 2.36. The number of rotatable bonds is 2. The molecule has 4 aromatic rings. The lowest BCUT2D eigenvalue weighted by molar-refractivity contribution is 0.640. The van der Waals surface area contributed by atoms with Crippen LogP contribution in [0.3, 0.4) is 0 Å². The van der Waals surface area contributed by atoms with Crippen LogP contribution in [-0.4, -0.2) is 5.96 Å². The second-order valence-corrected chi connectivity index (χ2v) is 6.85. The number of guanidine groups is 1. The monoisotopic (exact) mass is 355 g/mol. The van der Waals surface area contributed by atoms with E-state index >= 15 is 0 Å². The van der Waals surface area contributed by atoms with Crippen molar-refractivity contribution >= 4 is 38.9 Å². The highest BCUT2D eigenvalue weighted by atomic mass is 19.1. The Morgan fingerprint density at radius 1 is 0.815 bits per heavy atom. The van der Waals surface area contributed by atoms with Crippen LogP contribution < -0.4 is 11.1 Å². The minimum Gasteiger partial charge on any atom is -0.369 e. The molecule has 0 aromatic heterocycles. The molecule has 0 saturated carbocycles. The first-order valence-corrected chi connectivity index (χ1v) is 9.02. The quantitative estimate of drug-likeness (QED) is 0.379. The fourth-order valence-electron chi connectivity index (χ4n) is 4.00. The summed E-state index contributed by atoms with van der Waals surface area (Å²) in [4.78, 5) is 4.61. The van der Waals surface area contributed by atoms with Crippen LogP contribution in [0.5, 0.6) is 0 Å². The molecule has 3 N–H and O–H groups in total. The summed E-state index contributed by atoms with van der Waals surface area (Å²) in [6, 6.07) is 20.9. The summed E-state index contributed by atoms with van der Waals surface area (Å²) < 4.78 is 14.0. The highest BCUT2D eigenvalue weighted by molar-refractivity contribution is 6.06. The van der Waals surface area contributed by atoms with Crippen LogP contribution in [0.2, 0.25) is 0 Å². The Morgan fingerprint density at radius 3 is 2.41 bits per heavy atom. The second-order valence-electron chi connectivity index (χ2n) is 6.85. The van der Waals surface area contributed by atoms with Crippen molar-refractivity contribution in [3.05, 3.63) is 83.7 Å². The summed E-state index contributed by atoms with van der Waals surface area (Å²) in [5.41, 5.74) is 10.5. The molecule has 0 saturated heterocycles. The summed E-state index contributed by atoms with van der Waals surface area (Å²) in [6.07, 6.45) is 2.16. The van der Waals surface area contributed by atoms with E-state index in [1.807, 2.05) is 24.3 Å². The average molecular weight is 355 g/mol. The fraction of sp³-hybridized carbons (Fsp3) is 0.0870. The van der Waals surface area contributed by atoms with Crippen LogP contribution >= 0.6 is 0 Å². The first kappa shape index (κ1) is 15.8. The van der Waals surface area contributed by atoms with E-state index in [2.05, 4.69) is 34.6 Å². The number of hydrogen-bond acceptors (Lipinski definition) is 1. The van der Waals surface area contributed by atoms with Crippen LogP contribution in [0.15, 0.2) is 71.7 Å². The fourth-order valence-corrected chi connectivity index (χ4v) is 4.00. The standard InChI is InChI=1S/C23H18FN3/c24-19-11-13-20(17-6-2-1-5-16(17)19)26-23(25)27-21-12-10-15-9-8-14-4-3-7-18(21)22(14)15/h1-7,10-13H,8-9H2,(H3,25,26,27). The van der Waals surface area contributed by atoms with E-state index in [4.69, 9.17) is 5.73 Å². The summed E-state index contributed by atoms with van der Waals surface area (Å²) in [5.74, 6) is 0.0321. The van der Waals surface area contributed by atoms with Crippen LogP contribution in [0.4, 0.5) is 15.8 Å². The molecule has 0 atom stereocenters. The van der Waals surface area contributed by atoms with Gasteiger partial charge < -0.3 is 11.1 Å². The molecule has 1 aliphatic carbocycles. The molecular formula is C23H18FN3. The molecule has 1 aliphatic rings. The molecule has 5 rings (SSSR count). The van der Waals surface area contributed by atoms with Crippen LogP contribution in [0, 0.1) is 5.82 Å². The first-order valence-electron chi connectivity index (χ1n) is 9.02. The smallest absolute Gasteiger partial charge is 0.198 e. The number of aryl methyl sites for hydroxylation is 2. The van der Waals surface area contributed by atoms with Gasteiger partial charge in [0.25, 0.3) is 0 Å². The van der Waals surface area contributed by atoms with Gasteiger partial charge in [0, 0.05) is 21.8 Å². The lowest BCUT2D eigenvalue weighted by Gasteiger charge is -2.11. The number of benzene rings is 4. The van der Waals surface area contributed by atoms with Crippen molar-refractivity contribution in [1.29, 1.82) is 0 Å². The van der Waals surface area contributed by atoms with Crippen molar-refractivity contribution in [3.8, 4) is 0 Å². The van der Waals surface area contributed by atoms with Gasteiger partial charge in [-0.25, -0.2) is 9.38 Å². The Morgan fingerprint density at radius 2 is 1.56 bits per heavy atom. The molecule has 0 amide bonds. The van der Waals surface area contributed by atoms with Crippen LogP contribution in [0.25, 0.3) is 21.5 Å². The number of aliphatic imine (C=N–C) groups is 1. The molecule has 0 bridgehead atoms. The van der Waals surface area contributed by atoms with E-state index in [0.717, 1.165) is 35.0 Å². The van der Waals surface area contributed by atoms with Gasteiger partial charge >= 0.3 is 0 Å². The van der Waals surface area contributed by atoms with Gasteiger partial charge in [-0.3, -0.25) is 0 Å². The topological polar surface area (TPSA) is 50.4 Å². The van der Waals surface area contributed by atoms with Crippen molar-refractivity contribution in [3.63, 3.8) is 0 Å². The lowest BCUT2D eigenvalue weighted by atomic mass is 10.0. The van der Waals surface area contributed by atoms with Gasteiger partial charge in [0.2, 0.25) is 0 Å². The summed E-state index contributed by atoms with van der Waals surface area (Å²) in [5, 5.41) is 6.89. The van der Waals surface area contributed by atoms with Crippen LogP contribution in [-0.2, 0) is 12.8 Å². The zero-order valence-electron chi connectivity index (χ0n) is 14.7. The van der Waals surface area contributed by atoms with E-state index in [-0.39, 0.29) is 11.8 Å². The number of anilines is 1. The minimum atomic E-state index is -0.251. The second kappa shape index (κ2) is 6.09. The number of nitrogens with zero attached hydrogens (tertiary/aromatic N) is 1. The predicted molar refractivity (Wildman–Crippen MR) is 110 cm³/mol. The van der Waals surface area contributed by atoms with E-state index in [1.165, 1.54) is 22.6 Å². The molecule has 4 aromatic carbocycles. The van der Waals surface area contributed by atoms with Crippen molar-refractivity contribution in [2.24, 2.45) is 10.7 Å². The number of nitrogens with one attached hydrogen (secondary N) is 1. The van der Waals surface area contributed by atoms with Gasteiger partial charge in [0.05, 0.1) is 5.69 Å². The van der Waals surface area contributed by atoms with E-state index in [0.29, 0.717) is 5.39 Å². The molecule has 0 unspecified atom stereocenters. The number of halogens is 1. The number of fused-ring (bicyclic) bond motifs is 1. The summed E-state index contributed by atoms with van der Waals surface area (Å²) in [6.45, 7) is 0. The van der Waals surface area contributed by atoms with Gasteiger partial charge in [0.15, 0.2) is 5.96 Å². The van der Waals surface area contributed by atoms with Crippen molar-refractivity contribution < 1.29 is 4.39 Å². The SMILES string of the molecule is NC(=Nc1ccc2c3c(cccc13)CC2)Nc1ccc(F)c2ccccc12. The van der Waals surface area contributed by atoms with Crippen LogP contribution in [0.1, 0.15) is 11.1 Å². The number of hydrogen-bond donors (Lipinski definition) is 2. The Hall–Kier alpha value is -3.40. The van der Waals surface area contributed by atoms with Crippen molar-refractivity contribution in [2.45, 2.75) is 12.8 Å². The lowest BCUT2D eigenvalue weighted by Crippen LogP contribution is -2.22. The van der Waals surface area contributed by atoms with Gasteiger partial charge in [-0.05, 0) is 47.6 Å². The third kappa shape index (κ3) is 2.61. The van der Waals surface area contributed by atoms with E-state index < -0.39 is 0 Å². The molecule has 0 fully saturated rings. The Labute approximate surface area is 156 Å². The molecule has 0 radical (unpaired) electrons. The zero-order chi connectivity index (χ0) is 18.4. The van der Waals surface area contributed by atoms with E-state index in [1.54, 1.807) is 12.1 Å². The molecular weight excluding hydrogens is 337 g/mol. The van der Waals surface area contributed by atoms with Gasteiger partial charge in [-0.1, -0.05) is 48.5 Å². The maximum absolute atomic E-state index is 14.0. The molecule has 27 heavy (non-hydrogen) atoms. The molecule has 0 aliphatic heterocycles. The largest absolute Gasteiger partial charge is 0.369 e. The highest BCUT2D eigenvalue weighted by Gasteiger charge is 2.15. The molecule has 4 heteroatoms. The molecule has 3 nitrogen and oxygen atoms in total. The summed E-state index contributed by atoms with van der Waals surface area (Å²) >= 11 is 0. The first-order chi connectivity index (χ1) is 13.2. The van der Waals surface area contributed by atoms with Crippen molar-refractivity contribution in [2.75, 3.05) is 5.32 Å². The zero-order valence-corrected chi connectivity index (χ0v) is 14.7. The average Bonchev–Trinajstić information content (AvgIpc) is 3.11. The maximum Gasteiger partial charge on any atom is 0.198 e. The number of nitrogens with two attached hydrogens (primary N) is 1. The molecule has 0 spiro atoms. The van der Waals surface area contributed by atoms with Gasteiger partial charge in [-0.15, -0.1) is 0 Å². The Bertz CT molecular complexity index is 1220. The third-order valence-electron chi connectivity index (χ3n) is 5.23. The maximum atomic E-state index is 14.0. The van der Waals surface area contributed by atoms with E-state index in [9.17, 15) is 4.39 Å². The third-order valence-corrected chi connectivity index (χ3v) is 5.23. The van der Waals surface area contributed by atoms with Gasteiger partial charge in [-0.2, -0.15) is 0 Å². The molecule has 132 valence electrons. The summed E-state index contributed by atoms with van der Waals surface area (Å²) in [7, 11) is 0. The van der Waals surface area contributed by atoms with Gasteiger partial charge in [0.1, 0.15) is 5.82 Å².